The number of hydrogen-bond donors (Lipinski definition) is 0. The Hall–Kier alpha value is -1.37. The summed E-state index contributed by atoms with van der Waals surface area (Å²) in [6, 6.07) is 5.27. The molecule has 0 saturated carbocycles. The fraction of sp³-hybridized carbons (Fsp3) is 0.538. The molecule has 2 rings (SSSR count). The highest BCUT2D eigenvalue weighted by Gasteiger charge is 2.77. The van der Waals surface area contributed by atoms with Crippen molar-refractivity contribution in [2.24, 2.45) is 0 Å². The number of alkyl halides is 6. The Morgan fingerprint density at radius 1 is 1.12 bits per heavy atom. The zero-order valence-electron chi connectivity index (χ0n) is 12.5. The molecule has 0 radical (unpaired) electrons. The zero-order chi connectivity index (χ0) is 19.1. The molecule has 1 aromatic rings. The molecule has 12 heteroatoms. The number of halogens is 6. The Morgan fingerprint density at radius 3 is 2.08 bits per heavy atom. The Morgan fingerprint density at radius 2 is 1.64 bits per heavy atom. The summed E-state index contributed by atoms with van der Waals surface area (Å²) in [5, 5.41) is 0. The molecule has 1 heterocycles. The highest BCUT2D eigenvalue weighted by Crippen LogP contribution is 2.50. The van der Waals surface area contributed by atoms with Gasteiger partial charge in [-0.1, -0.05) is 17.7 Å². The van der Waals surface area contributed by atoms with Crippen LogP contribution < -0.4 is 0 Å². The number of ether oxygens (including phenoxy) is 2. The van der Waals surface area contributed by atoms with Crippen LogP contribution in [0.5, 0.6) is 0 Å². The van der Waals surface area contributed by atoms with Gasteiger partial charge in [0.1, 0.15) is 6.10 Å². The third kappa shape index (κ3) is 3.91. The van der Waals surface area contributed by atoms with Crippen LogP contribution in [0.15, 0.2) is 29.2 Å². The van der Waals surface area contributed by atoms with Gasteiger partial charge in [-0.2, -0.15) is 34.8 Å². The van der Waals surface area contributed by atoms with Crippen molar-refractivity contribution < 1.29 is 48.4 Å². The quantitative estimate of drug-likeness (QED) is 0.581. The molecule has 0 spiro atoms. The lowest BCUT2D eigenvalue weighted by atomic mass is 10.2. The Balaban J connectivity index is 2.09. The molecule has 0 aliphatic carbocycles. The summed E-state index contributed by atoms with van der Waals surface area (Å²) >= 11 is 0. The first-order chi connectivity index (χ1) is 11.3. The van der Waals surface area contributed by atoms with Crippen molar-refractivity contribution in [3.05, 3.63) is 29.8 Å². The van der Waals surface area contributed by atoms with E-state index in [2.05, 4.69) is 13.7 Å². The number of benzene rings is 1. The van der Waals surface area contributed by atoms with E-state index in [9.17, 15) is 34.8 Å². The molecular weight excluding hydrogens is 382 g/mol. The monoisotopic (exact) mass is 394 g/mol. The van der Waals surface area contributed by atoms with Gasteiger partial charge < -0.3 is 9.47 Å². The van der Waals surface area contributed by atoms with Gasteiger partial charge in [0.15, 0.2) is 0 Å². The van der Waals surface area contributed by atoms with Crippen LogP contribution >= 0.6 is 0 Å². The first-order valence-corrected chi connectivity index (χ1v) is 8.11. The lowest BCUT2D eigenvalue weighted by molar-refractivity contribution is -0.443. The topological polar surface area (TPSA) is 61.8 Å². The SMILES string of the molecule is Cc1ccc(S(=O)(=O)OCC2COC(C(F)(F)F)(C(F)(F)F)O2)cc1. The summed E-state index contributed by atoms with van der Waals surface area (Å²) in [5.74, 6) is -4.80. The summed E-state index contributed by atoms with van der Waals surface area (Å²) in [6.45, 7) is -0.513. The minimum atomic E-state index is -5.89. The molecule has 1 atom stereocenters. The molecule has 1 unspecified atom stereocenters. The van der Waals surface area contributed by atoms with Crippen LogP contribution in [0.4, 0.5) is 26.3 Å². The number of rotatable bonds is 4. The normalized spacial score (nSPS) is 21.5. The van der Waals surface area contributed by atoms with Gasteiger partial charge in [-0.25, -0.2) is 0 Å². The number of aryl methyl sites for hydroxylation is 1. The first-order valence-electron chi connectivity index (χ1n) is 6.70. The highest BCUT2D eigenvalue weighted by atomic mass is 32.2. The van der Waals surface area contributed by atoms with E-state index in [0.717, 1.165) is 5.56 Å². The third-order valence-corrected chi connectivity index (χ3v) is 4.57. The Bertz CT molecular complexity index is 696. The van der Waals surface area contributed by atoms with Gasteiger partial charge in [0.2, 0.25) is 0 Å². The zero-order valence-corrected chi connectivity index (χ0v) is 13.3. The van der Waals surface area contributed by atoms with Gasteiger partial charge >= 0.3 is 18.1 Å². The van der Waals surface area contributed by atoms with Crippen molar-refractivity contribution in [2.45, 2.75) is 36.1 Å². The van der Waals surface area contributed by atoms with Gasteiger partial charge in [0.25, 0.3) is 10.1 Å². The minimum Gasteiger partial charge on any atom is -0.333 e. The third-order valence-electron chi connectivity index (χ3n) is 3.27. The molecule has 1 aliphatic rings. The average Bonchev–Trinajstić information content (AvgIpc) is 2.91. The van der Waals surface area contributed by atoms with Crippen LogP contribution in [-0.4, -0.2) is 45.9 Å². The smallest absolute Gasteiger partial charge is 0.333 e. The molecule has 1 aliphatic heterocycles. The molecule has 0 N–H and O–H groups in total. The lowest BCUT2D eigenvalue weighted by Gasteiger charge is -2.31. The Labute approximate surface area is 138 Å². The summed E-state index contributed by atoms with van der Waals surface area (Å²) < 4.78 is 112. The van der Waals surface area contributed by atoms with Crippen LogP contribution in [0.2, 0.25) is 0 Å². The maximum atomic E-state index is 12.7. The molecule has 25 heavy (non-hydrogen) atoms. The average molecular weight is 394 g/mol. The fourth-order valence-corrected chi connectivity index (χ4v) is 2.93. The van der Waals surface area contributed by atoms with Crippen molar-refractivity contribution >= 4 is 10.1 Å². The summed E-state index contributed by atoms with van der Waals surface area (Å²) in [7, 11) is -4.37. The van der Waals surface area contributed by atoms with Crippen LogP contribution in [-0.2, 0) is 23.8 Å². The molecule has 1 saturated heterocycles. The van der Waals surface area contributed by atoms with Gasteiger partial charge in [-0.15, -0.1) is 0 Å². The first kappa shape index (κ1) is 19.9. The molecule has 1 fully saturated rings. The molecule has 1 aromatic carbocycles. The van der Waals surface area contributed by atoms with E-state index in [1.165, 1.54) is 24.3 Å². The predicted molar refractivity (Wildman–Crippen MR) is 70.0 cm³/mol. The van der Waals surface area contributed by atoms with E-state index in [1.807, 2.05) is 0 Å². The van der Waals surface area contributed by atoms with Crippen LogP contribution in [0.1, 0.15) is 5.56 Å². The molecular formula is C13H12F6O5S. The lowest BCUT2D eigenvalue weighted by Crippen LogP contribution is -2.58. The Kier molecular flexibility index (Phi) is 5.12. The second-order valence-corrected chi connectivity index (χ2v) is 6.83. The van der Waals surface area contributed by atoms with Crippen molar-refractivity contribution in [3.63, 3.8) is 0 Å². The van der Waals surface area contributed by atoms with Crippen molar-refractivity contribution in [3.8, 4) is 0 Å². The van der Waals surface area contributed by atoms with Gasteiger partial charge in [-0.05, 0) is 19.1 Å². The van der Waals surface area contributed by atoms with Crippen LogP contribution in [0.25, 0.3) is 0 Å². The highest BCUT2D eigenvalue weighted by molar-refractivity contribution is 7.86. The van der Waals surface area contributed by atoms with E-state index in [0.29, 0.717) is 0 Å². The van der Waals surface area contributed by atoms with Gasteiger partial charge in [0, 0.05) is 0 Å². The second-order valence-electron chi connectivity index (χ2n) is 5.21. The molecule has 5 nitrogen and oxygen atoms in total. The van der Waals surface area contributed by atoms with E-state index in [1.54, 1.807) is 6.92 Å². The molecule has 0 bridgehead atoms. The standard InChI is InChI=1S/C13H12F6O5S/c1-8-2-4-10(5-3-8)25(20,21)23-7-9-6-22-11(24-9,12(14,15)16)13(17,18)19/h2-5,9H,6-7H2,1H3. The van der Waals surface area contributed by atoms with Gasteiger partial charge in [0.05, 0.1) is 18.1 Å². The maximum Gasteiger partial charge on any atom is 0.453 e. The number of hydrogen-bond acceptors (Lipinski definition) is 5. The van der Waals surface area contributed by atoms with Gasteiger partial charge in [-0.3, -0.25) is 4.18 Å². The van der Waals surface area contributed by atoms with E-state index in [-0.39, 0.29) is 4.90 Å². The fourth-order valence-electron chi connectivity index (χ4n) is 1.99. The molecule has 0 amide bonds. The minimum absolute atomic E-state index is 0.296. The summed E-state index contributed by atoms with van der Waals surface area (Å²) in [5.41, 5.74) is 0.742. The molecule has 0 aromatic heterocycles. The second kappa shape index (κ2) is 6.41. The van der Waals surface area contributed by atoms with Crippen molar-refractivity contribution in [1.29, 1.82) is 0 Å². The van der Waals surface area contributed by atoms with E-state index >= 15 is 0 Å². The summed E-state index contributed by atoms with van der Waals surface area (Å²) in [6.07, 6.45) is -13.7. The molecule has 142 valence electrons. The van der Waals surface area contributed by atoms with Crippen molar-refractivity contribution in [1.82, 2.24) is 0 Å². The van der Waals surface area contributed by atoms with Crippen molar-refractivity contribution in [2.75, 3.05) is 13.2 Å². The predicted octanol–water partition coefficient (Wildman–Crippen LogP) is 2.94. The van der Waals surface area contributed by atoms with Crippen LogP contribution in [0, 0.1) is 6.92 Å². The van der Waals surface area contributed by atoms with Crippen LogP contribution in [0.3, 0.4) is 0 Å². The van der Waals surface area contributed by atoms with E-state index < -0.39 is 47.6 Å². The maximum absolute atomic E-state index is 12.7. The van der Waals surface area contributed by atoms with E-state index in [4.69, 9.17) is 0 Å². The summed E-state index contributed by atoms with van der Waals surface area (Å²) in [4.78, 5) is -0.296. The largest absolute Gasteiger partial charge is 0.453 e.